The van der Waals surface area contributed by atoms with Gasteiger partial charge in [0.2, 0.25) is 0 Å². The molecule has 1 heterocycles. The molecule has 3 N–H and O–H groups in total. The molecule has 0 saturated heterocycles. The Morgan fingerprint density at radius 1 is 1.57 bits per heavy atom. The molecule has 1 aromatic heterocycles. The van der Waals surface area contributed by atoms with Gasteiger partial charge in [0.1, 0.15) is 0 Å². The van der Waals surface area contributed by atoms with Crippen LogP contribution in [-0.4, -0.2) is 51.8 Å². The van der Waals surface area contributed by atoms with Crippen LogP contribution in [0.3, 0.4) is 0 Å². The van der Waals surface area contributed by atoms with E-state index in [1.807, 2.05) is 14.1 Å². The van der Waals surface area contributed by atoms with Gasteiger partial charge < -0.3 is 4.90 Å². The van der Waals surface area contributed by atoms with Crippen LogP contribution in [0.15, 0.2) is 0 Å². The number of aromatic nitrogens is 4. The van der Waals surface area contributed by atoms with Gasteiger partial charge in [0, 0.05) is 19.0 Å². The Morgan fingerprint density at radius 2 is 2.29 bits per heavy atom. The number of hydrogen-bond donors (Lipinski definition) is 2. The van der Waals surface area contributed by atoms with Gasteiger partial charge in [0.15, 0.2) is 5.82 Å². The van der Waals surface area contributed by atoms with Crippen LogP contribution < -0.4 is 11.3 Å². The van der Waals surface area contributed by atoms with Gasteiger partial charge in [0.05, 0.1) is 7.05 Å². The lowest BCUT2D eigenvalue weighted by atomic mass is 10.2. The molecule has 1 atom stereocenters. The number of hydrogen-bond acceptors (Lipinski definition) is 6. The molecule has 1 aromatic rings. The monoisotopic (exact) mass is 199 g/mol. The molecule has 0 aromatic carbocycles. The SMILES string of the molecule is CN(C)CC(Cc1nnn(C)n1)NN. The van der Waals surface area contributed by atoms with Crippen molar-refractivity contribution in [3.8, 4) is 0 Å². The van der Waals surface area contributed by atoms with Gasteiger partial charge in [-0.25, -0.2) is 0 Å². The van der Waals surface area contributed by atoms with Crippen LogP contribution in [0.4, 0.5) is 0 Å². The third kappa shape index (κ3) is 3.36. The van der Waals surface area contributed by atoms with Crippen LogP contribution in [0.2, 0.25) is 0 Å². The lowest BCUT2D eigenvalue weighted by Crippen LogP contribution is -2.43. The maximum atomic E-state index is 5.42. The van der Waals surface area contributed by atoms with E-state index in [1.165, 1.54) is 4.80 Å². The summed E-state index contributed by atoms with van der Waals surface area (Å²) in [5, 5.41) is 11.7. The predicted molar refractivity (Wildman–Crippen MR) is 52.2 cm³/mol. The first-order valence-corrected chi connectivity index (χ1v) is 4.45. The van der Waals surface area contributed by atoms with Crippen LogP contribution in [0.5, 0.6) is 0 Å². The fourth-order valence-corrected chi connectivity index (χ4v) is 1.24. The first kappa shape index (κ1) is 11.0. The van der Waals surface area contributed by atoms with Gasteiger partial charge >= 0.3 is 0 Å². The van der Waals surface area contributed by atoms with E-state index in [0.717, 1.165) is 6.54 Å². The Labute approximate surface area is 83.2 Å². The highest BCUT2D eigenvalue weighted by atomic mass is 15.6. The average Bonchev–Trinajstić information content (AvgIpc) is 2.49. The number of nitrogens with zero attached hydrogens (tertiary/aromatic N) is 5. The van der Waals surface area contributed by atoms with E-state index in [4.69, 9.17) is 5.84 Å². The second-order valence-corrected chi connectivity index (χ2v) is 3.53. The molecule has 1 unspecified atom stereocenters. The molecule has 7 nitrogen and oxygen atoms in total. The van der Waals surface area contributed by atoms with Crippen LogP contribution in [0.25, 0.3) is 0 Å². The molecule has 0 aliphatic rings. The zero-order valence-corrected chi connectivity index (χ0v) is 8.80. The van der Waals surface area contributed by atoms with Gasteiger partial charge in [0.25, 0.3) is 0 Å². The Kier molecular flexibility index (Phi) is 3.93. The summed E-state index contributed by atoms with van der Waals surface area (Å²) in [6, 6.07) is 0.147. The van der Waals surface area contributed by atoms with Gasteiger partial charge in [-0.1, -0.05) is 0 Å². The first-order chi connectivity index (χ1) is 6.61. The van der Waals surface area contributed by atoms with Crippen LogP contribution in [-0.2, 0) is 13.5 Å². The van der Waals surface area contributed by atoms with Crippen molar-refractivity contribution in [3.63, 3.8) is 0 Å². The number of aryl methyl sites for hydroxylation is 1. The highest BCUT2D eigenvalue weighted by Gasteiger charge is 2.11. The molecule has 0 aliphatic heterocycles. The highest BCUT2D eigenvalue weighted by Crippen LogP contribution is 1.95. The van der Waals surface area contributed by atoms with Crippen molar-refractivity contribution in [2.24, 2.45) is 12.9 Å². The maximum Gasteiger partial charge on any atom is 0.176 e. The summed E-state index contributed by atoms with van der Waals surface area (Å²) in [5.41, 5.74) is 2.73. The van der Waals surface area contributed by atoms with Crippen molar-refractivity contribution in [1.29, 1.82) is 0 Å². The van der Waals surface area contributed by atoms with Crippen LogP contribution in [0, 0.1) is 0 Å². The number of hydrazine groups is 1. The first-order valence-electron chi connectivity index (χ1n) is 4.45. The molecule has 1 rings (SSSR count). The van der Waals surface area contributed by atoms with E-state index >= 15 is 0 Å². The molecular weight excluding hydrogens is 182 g/mol. The van der Waals surface area contributed by atoms with Crippen molar-refractivity contribution in [2.75, 3.05) is 20.6 Å². The minimum Gasteiger partial charge on any atom is -0.308 e. The summed E-state index contributed by atoms with van der Waals surface area (Å²) >= 11 is 0. The van der Waals surface area contributed by atoms with Crippen molar-refractivity contribution in [2.45, 2.75) is 12.5 Å². The molecule has 0 amide bonds. The van der Waals surface area contributed by atoms with Gasteiger partial charge in [-0.3, -0.25) is 11.3 Å². The molecule has 0 spiro atoms. The standard InChI is InChI=1S/C7H17N7/c1-13(2)5-6(9-8)4-7-10-12-14(3)11-7/h6,9H,4-5,8H2,1-3H3. The number of nitrogens with one attached hydrogen (secondary N) is 1. The fraction of sp³-hybridized carbons (Fsp3) is 0.857. The Morgan fingerprint density at radius 3 is 2.71 bits per heavy atom. The quantitative estimate of drug-likeness (QED) is 0.427. The molecule has 14 heavy (non-hydrogen) atoms. The lowest BCUT2D eigenvalue weighted by molar-refractivity contribution is 0.335. The fourth-order valence-electron chi connectivity index (χ4n) is 1.24. The molecule has 0 aliphatic carbocycles. The van der Waals surface area contributed by atoms with Gasteiger partial charge in [-0.2, -0.15) is 4.80 Å². The Bertz CT molecular complexity index is 269. The largest absolute Gasteiger partial charge is 0.308 e. The summed E-state index contributed by atoms with van der Waals surface area (Å²) in [4.78, 5) is 3.50. The minimum absolute atomic E-state index is 0.147. The van der Waals surface area contributed by atoms with E-state index in [1.54, 1.807) is 7.05 Å². The van der Waals surface area contributed by atoms with E-state index < -0.39 is 0 Å². The van der Waals surface area contributed by atoms with Gasteiger partial charge in [-0.05, 0) is 19.3 Å². The third-order valence-corrected chi connectivity index (χ3v) is 1.80. The topological polar surface area (TPSA) is 84.9 Å². The van der Waals surface area contributed by atoms with Crippen LogP contribution >= 0.6 is 0 Å². The molecule has 80 valence electrons. The Hall–Kier alpha value is -1.05. The molecule has 0 fully saturated rings. The number of tetrazole rings is 1. The summed E-state index contributed by atoms with van der Waals surface area (Å²) in [5.74, 6) is 6.12. The van der Waals surface area contributed by atoms with Crippen LogP contribution in [0.1, 0.15) is 5.82 Å². The number of nitrogens with two attached hydrogens (primary N) is 1. The molecule has 0 bridgehead atoms. The summed E-state index contributed by atoms with van der Waals surface area (Å²) < 4.78 is 0. The van der Waals surface area contributed by atoms with Gasteiger partial charge in [-0.15, -0.1) is 10.2 Å². The summed E-state index contributed by atoms with van der Waals surface area (Å²) in [6.45, 7) is 0.842. The smallest absolute Gasteiger partial charge is 0.176 e. The predicted octanol–water partition coefficient (Wildman–Crippen LogP) is -1.85. The number of likely N-dealkylation sites (N-methyl/N-ethyl adjacent to an activating group) is 1. The lowest BCUT2D eigenvalue weighted by Gasteiger charge is -2.18. The van der Waals surface area contributed by atoms with E-state index in [2.05, 4.69) is 25.7 Å². The van der Waals surface area contributed by atoms with E-state index in [9.17, 15) is 0 Å². The molecular formula is C7H17N7. The second kappa shape index (κ2) is 4.99. The van der Waals surface area contributed by atoms with E-state index in [-0.39, 0.29) is 6.04 Å². The average molecular weight is 199 g/mol. The summed E-state index contributed by atoms with van der Waals surface area (Å²) in [7, 11) is 5.73. The normalized spacial score (nSPS) is 13.5. The maximum absolute atomic E-state index is 5.42. The second-order valence-electron chi connectivity index (χ2n) is 3.53. The molecule has 7 heteroatoms. The zero-order valence-electron chi connectivity index (χ0n) is 8.80. The van der Waals surface area contributed by atoms with Crippen molar-refractivity contribution in [3.05, 3.63) is 5.82 Å². The highest BCUT2D eigenvalue weighted by molar-refractivity contribution is 4.84. The molecule has 0 saturated carbocycles. The third-order valence-electron chi connectivity index (χ3n) is 1.80. The zero-order chi connectivity index (χ0) is 10.6. The van der Waals surface area contributed by atoms with E-state index in [0.29, 0.717) is 12.2 Å². The number of rotatable bonds is 5. The Balaban J connectivity index is 2.48. The summed E-state index contributed by atoms with van der Waals surface area (Å²) in [6.07, 6.45) is 0.683. The van der Waals surface area contributed by atoms with Crippen molar-refractivity contribution in [1.82, 2.24) is 30.5 Å². The molecule has 0 radical (unpaired) electrons. The van der Waals surface area contributed by atoms with Crippen molar-refractivity contribution >= 4 is 0 Å². The minimum atomic E-state index is 0.147. The van der Waals surface area contributed by atoms with Crippen molar-refractivity contribution < 1.29 is 0 Å².